The van der Waals surface area contributed by atoms with Crippen LogP contribution in [0.25, 0.3) is 11.1 Å². The van der Waals surface area contributed by atoms with E-state index in [1.165, 1.54) is 0 Å². The van der Waals surface area contributed by atoms with Gasteiger partial charge in [-0.05, 0) is 38.1 Å². The molecule has 0 aliphatic rings. The molecule has 0 aliphatic heterocycles. The highest BCUT2D eigenvalue weighted by atomic mass is 35.5. The summed E-state index contributed by atoms with van der Waals surface area (Å²) in [6, 6.07) is 9.21. The predicted octanol–water partition coefficient (Wildman–Crippen LogP) is 2.81. The van der Waals surface area contributed by atoms with Gasteiger partial charge in [0.15, 0.2) is 5.58 Å². The van der Waals surface area contributed by atoms with E-state index in [1.807, 2.05) is 31.2 Å². The Kier molecular flexibility index (Phi) is 4.27. The molecule has 0 saturated heterocycles. The molecule has 0 radical (unpaired) electrons. The second-order valence-electron chi connectivity index (χ2n) is 5.12. The highest BCUT2D eigenvalue weighted by Gasteiger charge is 2.08. The van der Waals surface area contributed by atoms with Crippen LogP contribution < -0.4 is 10.9 Å². The molecular formula is C16H16ClN3O2. The van der Waals surface area contributed by atoms with Gasteiger partial charge in [-0.2, -0.15) is 0 Å². The standard InChI is InChI=1S/C16H16ClN3O2/c1-10-5-6-11(16(21)19-10)7-8-18-9-14-20-15-12(17)3-2-4-13(15)22-14/h2-6,18H,7-9H2,1H3,(H,19,21). The number of hydrogen-bond acceptors (Lipinski definition) is 4. The number of para-hydroxylation sites is 1. The largest absolute Gasteiger partial charge is 0.439 e. The highest BCUT2D eigenvalue weighted by molar-refractivity contribution is 6.34. The molecule has 0 bridgehead atoms. The molecule has 0 atom stereocenters. The summed E-state index contributed by atoms with van der Waals surface area (Å²) >= 11 is 6.06. The van der Waals surface area contributed by atoms with Gasteiger partial charge in [0.25, 0.3) is 5.56 Å². The molecule has 2 aromatic heterocycles. The van der Waals surface area contributed by atoms with Gasteiger partial charge in [0.2, 0.25) is 5.89 Å². The van der Waals surface area contributed by atoms with Crippen LogP contribution in [0.1, 0.15) is 17.1 Å². The predicted molar refractivity (Wildman–Crippen MR) is 86.2 cm³/mol. The third-order valence-electron chi connectivity index (χ3n) is 3.40. The van der Waals surface area contributed by atoms with E-state index in [2.05, 4.69) is 15.3 Å². The van der Waals surface area contributed by atoms with Gasteiger partial charge in [-0.25, -0.2) is 4.98 Å². The number of aromatic amines is 1. The average molecular weight is 318 g/mol. The SMILES string of the molecule is Cc1ccc(CCNCc2nc3c(Cl)cccc3o2)c(=O)[nH]1. The first-order chi connectivity index (χ1) is 10.6. The fourth-order valence-electron chi connectivity index (χ4n) is 2.25. The van der Waals surface area contributed by atoms with Crippen LogP contribution in [0.3, 0.4) is 0 Å². The molecule has 2 N–H and O–H groups in total. The van der Waals surface area contributed by atoms with E-state index >= 15 is 0 Å². The van der Waals surface area contributed by atoms with Crippen LogP contribution in [0.5, 0.6) is 0 Å². The maximum Gasteiger partial charge on any atom is 0.251 e. The molecule has 3 rings (SSSR count). The number of pyridine rings is 1. The van der Waals surface area contributed by atoms with E-state index in [1.54, 1.807) is 6.07 Å². The molecular weight excluding hydrogens is 302 g/mol. The van der Waals surface area contributed by atoms with Crippen molar-refractivity contribution in [2.45, 2.75) is 19.9 Å². The summed E-state index contributed by atoms with van der Waals surface area (Å²) in [4.78, 5) is 18.9. The monoisotopic (exact) mass is 317 g/mol. The molecule has 0 saturated carbocycles. The number of oxazole rings is 1. The number of H-pyrrole nitrogens is 1. The second kappa shape index (κ2) is 6.34. The lowest BCUT2D eigenvalue weighted by molar-refractivity contribution is 0.496. The van der Waals surface area contributed by atoms with Crippen LogP contribution >= 0.6 is 11.6 Å². The minimum atomic E-state index is -0.0320. The van der Waals surface area contributed by atoms with Crippen molar-refractivity contribution in [2.24, 2.45) is 0 Å². The van der Waals surface area contributed by atoms with Crippen LogP contribution in [0.15, 0.2) is 39.5 Å². The quantitative estimate of drug-likeness (QED) is 0.710. The van der Waals surface area contributed by atoms with Gasteiger partial charge in [0.1, 0.15) is 5.52 Å². The molecule has 6 heteroatoms. The lowest BCUT2D eigenvalue weighted by Gasteiger charge is -2.02. The van der Waals surface area contributed by atoms with Gasteiger partial charge >= 0.3 is 0 Å². The van der Waals surface area contributed by atoms with Crippen LogP contribution in [-0.2, 0) is 13.0 Å². The first kappa shape index (κ1) is 14.8. The Hall–Kier alpha value is -2.11. The summed E-state index contributed by atoms with van der Waals surface area (Å²) in [5, 5.41) is 3.80. The number of nitrogens with zero attached hydrogens (tertiary/aromatic N) is 1. The van der Waals surface area contributed by atoms with Crippen molar-refractivity contribution in [3.05, 3.63) is 62.9 Å². The van der Waals surface area contributed by atoms with E-state index in [4.69, 9.17) is 16.0 Å². The Balaban J connectivity index is 1.58. The van der Waals surface area contributed by atoms with Crippen molar-refractivity contribution >= 4 is 22.7 Å². The highest BCUT2D eigenvalue weighted by Crippen LogP contribution is 2.23. The Labute approximate surface area is 132 Å². The molecule has 0 unspecified atom stereocenters. The first-order valence-corrected chi connectivity index (χ1v) is 7.45. The fraction of sp³-hybridized carbons (Fsp3) is 0.250. The van der Waals surface area contributed by atoms with E-state index in [9.17, 15) is 4.79 Å². The molecule has 5 nitrogen and oxygen atoms in total. The van der Waals surface area contributed by atoms with Crippen molar-refractivity contribution in [3.8, 4) is 0 Å². The van der Waals surface area contributed by atoms with Crippen LogP contribution in [0, 0.1) is 6.92 Å². The van der Waals surface area contributed by atoms with E-state index in [0.717, 1.165) is 11.3 Å². The van der Waals surface area contributed by atoms with Crippen molar-refractivity contribution in [1.82, 2.24) is 15.3 Å². The Morgan fingerprint density at radius 1 is 1.32 bits per heavy atom. The fourth-order valence-corrected chi connectivity index (χ4v) is 2.46. The molecule has 22 heavy (non-hydrogen) atoms. The molecule has 2 heterocycles. The summed E-state index contributed by atoms with van der Waals surface area (Å²) in [7, 11) is 0. The number of fused-ring (bicyclic) bond motifs is 1. The van der Waals surface area contributed by atoms with Gasteiger partial charge in [0.05, 0.1) is 11.6 Å². The molecule has 0 aliphatic carbocycles. The number of aromatic nitrogens is 2. The molecule has 1 aromatic carbocycles. The topological polar surface area (TPSA) is 70.9 Å². The Morgan fingerprint density at radius 3 is 2.95 bits per heavy atom. The second-order valence-corrected chi connectivity index (χ2v) is 5.52. The van der Waals surface area contributed by atoms with Crippen LogP contribution in [-0.4, -0.2) is 16.5 Å². The lowest BCUT2D eigenvalue weighted by atomic mass is 10.2. The number of rotatable bonds is 5. The zero-order valence-electron chi connectivity index (χ0n) is 12.1. The molecule has 0 spiro atoms. The zero-order chi connectivity index (χ0) is 15.5. The maximum absolute atomic E-state index is 11.7. The third kappa shape index (κ3) is 3.21. The van der Waals surface area contributed by atoms with Crippen LogP contribution in [0.2, 0.25) is 5.02 Å². The summed E-state index contributed by atoms with van der Waals surface area (Å²) in [5.74, 6) is 0.584. The number of hydrogen-bond donors (Lipinski definition) is 2. The smallest absolute Gasteiger partial charge is 0.251 e. The third-order valence-corrected chi connectivity index (χ3v) is 3.70. The van der Waals surface area contributed by atoms with E-state index in [-0.39, 0.29) is 5.56 Å². The van der Waals surface area contributed by atoms with Crippen molar-refractivity contribution in [2.75, 3.05) is 6.54 Å². The maximum atomic E-state index is 11.7. The van der Waals surface area contributed by atoms with Gasteiger partial charge in [-0.15, -0.1) is 0 Å². The molecule has 114 valence electrons. The molecule has 0 fully saturated rings. The van der Waals surface area contributed by atoms with Gasteiger partial charge < -0.3 is 14.7 Å². The molecule has 0 amide bonds. The first-order valence-electron chi connectivity index (χ1n) is 7.07. The number of nitrogens with one attached hydrogen (secondary N) is 2. The van der Waals surface area contributed by atoms with Crippen molar-refractivity contribution in [3.63, 3.8) is 0 Å². The Morgan fingerprint density at radius 2 is 2.18 bits per heavy atom. The summed E-state index contributed by atoms with van der Waals surface area (Å²) in [6.45, 7) is 3.02. The van der Waals surface area contributed by atoms with Crippen molar-refractivity contribution < 1.29 is 4.42 Å². The van der Waals surface area contributed by atoms with E-state index < -0.39 is 0 Å². The number of aryl methyl sites for hydroxylation is 1. The zero-order valence-corrected chi connectivity index (χ0v) is 12.9. The van der Waals surface area contributed by atoms with Crippen molar-refractivity contribution in [1.29, 1.82) is 0 Å². The normalized spacial score (nSPS) is 11.2. The van der Waals surface area contributed by atoms with Crippen LogP contribution in [0.4, 0.5) is 0 Å². The minimum Gasteiger partial charge on any atom is -0.439 e. The van der Waals surface area contributed by atoms with Gasteiger partial charge in [-0.1, -0.05) is 23.7 Å². The molecule has 3 aromatic rings. The summed E-state index contributed by atoms with van der Waals surface area (Å²) in [6.07, 6.45) is 0.649. The van der Waals surface area contributed by atoms with E-state index in [0.29, 0.717) is 41.5 Å². The van der Waals surface area contributed by atoms with Gasteiger partial charge in [0, 0.05) is 11.3 Å². The average Bonchev–Trinajstić information content (AvgIpc) is 2.90. The minimum absolute atomic E-state index is 0.0320. The Bertz CT molecular complexity index is 854. The summed E-state index contributed by atoms with van der Waals surface area (Å²) < 4.78 is 5.61. The lowest BCUT2D eigenvalue weighted by Crippen LogP contribution is -2.21. The number of halogens is 1. The van der Waals surface area contributed by atoms with Gasteiger partial charge in [-0.3, -0.25) is 4.79 Å². The number of benzene rings is 1. The summed E-state index contributed by atoms with van der Waals surface area (Å²) in [5.41, 5.74) is 2.95.